The molecule has 146 valence electrons. The van der Waals surface area contributed by atoms with Crippen molar-refractivity contribution in [2.75, 3.05) is 19.0 Å². The molecule has 0 aliphatic heterocycles. The minimum absolute atomic E-state index is 0.405. The number of nitrogens with one attached hydrogen (secondary N) is 1. The van der Waals surface area contributed by atoms with Crippen molar-refractivity contribution in [3.05, 3.63) is 72.1 Å². The molecule has 0 spiro atoms. The number of benzene rings is 2. The van der Waals surface area contributed by atoms with Gasteiger partial charge in [0.2, 0.25) is 0 Å². The van der Waals surface area contributed by atoms with Crippen molar-refractivity contribution in [1.29, 1.82) is 0 Å². The average molecular weight is 378 g/mol. The summed E-state index contributed by atoms with van der Waals surface area (Å²) in [5, 5.41) is 7.21. The number of anilines is 1. The van der Waals surface area contributed by atoms with Crippen molar-refractivity contribution < 1.29 is 9.53 Å². The molecule has 6 nitrogen and oxygen atoms in total. The number of ether oxygens (including phenoxy) is 1. The molecule has 0 aliphatic rings. The first kappa shape index (κ1) is 19.5. The number of nitrogens with zero attached hydrogens (tertiary/aromatic N) is 3. The van der Waals surface area contributed by atoms with Gasteiger partial charge in [0.1, 0.15) is 0 Å². The molecule has 0 saturated heterocycles. The van der Waals surface area contributed by atoms with E-state index in [1.807, 2.05) is 78.3 Å². The van der Waals surface area contributed by atoms with Gasteiger partial charge in [-0.2, -0.15) is 5.10 Å². The molecule has 0 fully saturated rings. The molecule has 3 rings (SSSR count). The summed E-state index contributed by atoms with van der Waals surface area (Å²) < 4.78 is 7.37. The lowest BCUT2D eigenvalue weighted by Gasteiger charge is -2.13. The topological polar surface area (TPSA) is 59.4 Å². The van der Waals surface area contributed by atoms with Gasteiger partial charge >= 0.3 is 6.09 Å². The predicted octanol–water partition coefficient (Wildman–Crippen LogP) is 4.18. The third-order valence-electron chi connectivity index (χ3n) is 4.41. The Balaban J connectivity index is 1.66. The van der Waals surface area contributed by atoms with Gasteiger partial charge in [0, 0.05) is 26.3 Å². The molecule has 1 aromatic heterocycles. The minimum Gasteiger partial charge on any atom is -0.407 e. The van der Waals surface area contributed by atoms with Gasteiger partial charge in [0.05, 0.1) is 17.6 Å². The molecule has 0 unspecified atom stereocenters. The Morgan fingerprint density at radius 2 is 1.82 bits per heavy atom. The van der Waals surface area contributed by atoms with E-state index in [1.54, 1.807) is 6.20 Å². The van der Waals surface area contributed by atoms with Gasteiger partial charge in [-0.3, -0.25) is 0 Å². The number of para-hydroxylation sites is 1. The van der Waals surface area contributed by atoms with Crippen molar-refractivity contribution in [1.82, 2.24) is 15.1 Å². The van der Waals surface area contributed by atoms with Crippen molar-refractivity contribution in [3.63, 3.8) is 0 Å². The lowest BCUT2D eigenvalue weighted by Crippen LogP contribution is -2.26. The highest BCUT2D eigenvalue weighted by Crippen LogP contribution is 2.23. The number of carbonyl (C=O) groups excluding carboxylic acids is 1. The SMILES string of the molecule is CCCc1c(OC(=O)NCc2ccc(N(C)C)cc2)cnn1-c1ccccc1. The van der Waals surface area contributed by atoms with E-state index in [0.29, 0.717) is 12.3 Å². The van der Waals surface area contributed by atoms with E-state index in [-0.39, 0.29) is 0 Å². The van der Waals surface area contributed by atoms with Crippen LogP contribution >= 0.6 is 0 Å². The maximum absolute atomic E-state index is 12.3. The van der Waals surface area contributed by atoms with Crippen LogP contribution < -0.4 is 15.0 Å². The molecule has 1 amide bonds. The third-order valence-corrected chi connectivity index (χ3v) is 4.41. The van der Waals surface area contributed by atoms with Crippen LogP contribution in [-0.4, -0.2) is 30.0 Å². The number of carbonyl (C=O) groups is 1. The van der Waals surface area contributed by atoms with Gasteiger partial charge < -0.3 is 15.0 Å². The molecule has 1 N–H and O–H groups in total. The second-order valence-corrected chi connectivity index (χ2v) is 6.76. The van der Waals surface area contributed by atoms with Gasteiger partial charge in [0.15, 0.2) is 5.75 Å². The largest absolute Gasteiger partial charge is 0.412 e. The van der Waals surface area contributed by atoms with Crippen LogP contribution in [0.4, 0.5) is 10.5 Å². The fourth-order valence-corrected chi connectivity index (χ4v) is 2.92. The normalized spacial score (nSPS) is 10.5. The van der Waals surface area contributed by atoms with E-state index in [1.165, 1.54) is 0 Å². The number of hydrogen-bond acceptors (Lipinski definition) is 4. The Hall–Kier alpha value is -3.28. The van der Waals surface area contributed by atoms with E-state index in [9.17, 15) is 4.79 Å². The van der Waals surface area contributed by atoms with Crippen molar-refractivity contribution in [3.8, 4) is 11.4 Å². The molecule has 28 heavy (non-hydrogen) atoms. The number of hydrogen-bond donors (Lipinski definition) is 1. The second-order valence-electron chi connectivity index (χ2n) is 6.76. The summed E-state index contributed by atoms with van der Waals surface area (Å²) in [6.45, 7) is 2.49. The quantitative estimate of drug-likeness (QED) is 0.670. The highest BCUT2D eigenvalue weighted by atomic mass is 16.6. The molecule has 3 aromatic rings. The molecule has 2 aromatic carbocycles. The van der Waals surface area contributed by atoms with Crippen molar-refractivity contribution in [2.24, 2.45) is 0 Å². The lowest BCUT2D eigenvalue weighted by atomic mass is 10.2. The Kier molecular flexibility index (Phi) is 6.32. The summed E-state index contributed by atoms with van der Waals surface area (Å²) in [6.07, 6.45) is 2.81. The van der Waals surface area contributed by atoms with Crippen LogP contribution in [0.3, 0.4) is 0 Å². The highest BCUT2D eigenvalue weighted by molar-refractivity contribution is 5.70. The maximum atomic E-state index is 12.3. The second kappa shape index (κ2) is 9.08. The third kappa shape index (κ3) is 4.71. The van der Waals surface area contributed by atoms with Gasteiger partial charge in [0.25, 0.3) is 0 Å². The summed E-state index contributed by atoms with van der Waals surface area (Å²) in [7, 11) is 3.99. The van der Waals surface area contributed by atoms with Gasteiger partial charge in [-0.1, -0.05) is 43.7 Å². The van der Waals surface area contributed by atoms with E-state index in [2.05, 4.69) is 17.3 Å². The zero-order chi connectivity index (χ0) is 19.9. The van der Waals surface area contributed by atoms with E-state index >= 15 is 0 Å². The van der Waals surface area contributed by atoms with E-state index in [4.69, 9.17) is 4.74 Å². The van der Waals surface area contributed by atoms with Crippen molar-refractivity contribution >= 4 is 11.8 Å². The van der Waals surface area contributed by atoms with Crippen molar-refractivity contribution in [2.45, 2.75) is 26.3 Å². The molecule has 0 bridgehead atoms. The van der Waals surface area contributed by atoms with E-state index in [0.717, 1.165) is 35.5 Å². The predicted molar refractivity (Wildman–Crippen MR) is 111 cm³/mol. The first-order chi connectivity index (χ1) is 13.6. The van der Waals surface area contributed by atoms with Crippen LogP contribution in [0.15, 0.2) is 60.8 Å². The fraction of sp³-hybridized carbons (Fsp3) is 0.273. The zero-order valence-corrected chi connectivity index (χ0v) is 16.6. The summed E-state index contributed by atoms with van der Waals surface area (Å²) >= 11 is 0. The molecule has 6 heteroatoms. The molecule has 0 atom stereocenters. The first-order valence-electron chi connectivity index (χ1n) is 9.42. The van der Waals surface area contributed by atoms with Crippen LogP contribution in [0.5, 0.6) is 5.75 Å². The number of amides is 1. The van der Waals surface area contributed by atoms with Crippen LogP contribution in [0.2, 0.25) is 0 Å². The molecule has 0 aliphatic carbocycles. The molecule has 0 radical (unpaired) electrons. The lowest BCUT2D eigenvalue weighted by molar-refractivity contribution is 0.199. The molecular formula is C22H26N4O2. The Labute approximate surface area is 165 Å². The van der Waals surface area contributed by atoms with Crippen LogP contribution in [0.1, 0.15) is 24.6 Å². The maximum Gasteiger partial charge on any atom is 0.412 e. The minimum atomic E-state index is -0.485. The standard InChI is InChI=1S/C22H26N4O2/c1-4-8-20-21(16-24-26(20)19-9-6-5-7-10-19)28-22(27)23-15-17-11-13-18(14-12-17)25(2)3/h5-7,9-14,16H,4,8,15H2,1-3H3,(H,23,27). The first-order valence-corrected chi connectivity index (χ1v) is 9.42. The summed E-state index contributed by atoms with van der Waals surface area (Å²) in [5.41, 5.74) is 3.96. The Morgan fingerprint density at radius 1 is 1.11 bits per heavy atom. The summed E-state index contributed by atoms with van der Waals surface area (Å²) in [5.74, 6) is 0.492. The molecule has 1 heterocycles. The van der Waals surface area contributed by atoms with Gasteiger partial charge in [-0.25, -0.2) is 9.48 Å². The highest BCUT2D eigenvalue weighted by Gasteiger charge is 2.16. The summed E-state index contributed by atoms with van der Waals surface area (Å²) in [6, 6.07) is 17.9. The molecule has 0 saturated carbocycles. The smallest absolute Gasteiger partial charge is 0.407 e. The number of rotatable bonds is 7. The van der Waals surface area contributed by atoms with Gasteiger partial charge in [-0.05, 0) is 36.2 Å². The van der Waals surface area contributed by atoms with Crippen LogP contribution in [0, 0.1) is 0 Å². The summed E-state index contributed by atoms with van der Waals surface area (Å²) in [4.78, 5) is 14.3. The monoisotopic (exact) mass is 378 g/mol. The molecular weight excluding hydrogens is 352 g/mol. The average Bonchev–Trinajstić information content (AvgIpc) is 3.10. The van der Waals surface area contributed by atoms with Crippen LogP contribution in [0.25, 0.3) is 5.69 Å². The Morgan fingerprint density at radius 3 is 2.46 bits per heavy atom. The van der Waals surface area contributed by atoms with Gasteiger partial charge in [-0.15, -0.1) is 0 Å². The van der Waals surface area contributed by atoms with Crippen LogP contribution in [-0.2, 0) is 13.0 Å². The fourth-order valence-electron chi connectivity index (χ4n) is 2.92. The van der Waals surface area contributed by atoms with E-state index < -0.39 is 6.09 Å². The number of aromatic nitrogens is 2. The zero-order valence-electron chi connectivity index (χ0n) is 16.6. The Bertz CT molecular complexity index is 902.